The van der Waals surface area contributed by atoms with Crippen LogP contribution < -0.4 is 20.1 Å². The lowest BCUT2D eigenvalue weighted by Crippen LogP contribution is -2.21. The Morgan fingerprint density at radius 2 is 1.69 bits per heavy atom. The van der Waals surface area contributed by atoms with Crippen molar-refractivity contribution in [3.05, 3.63) is 86.9 Å². The second-order valence-corrected chi connectivity index (χ2v) is 9.03. The number of benzene rings is 3. The largest absolute Gasteiger partial charge is 0.493 e. The number of nitriles is 1. The van der Waals surface area contributed by atoms with E-state index < -0.39 is 5.91 Å². The molecule has 0 aromatic heterocycles. The molecule has 0 atom stereocenters. The molecule has 2 amide bonds. The van der Waals surface area contributed by atoms with Gasteiger partial charge >= 0.3 is 0 Å². The van der Waals surface area contributed by atoms with Crippen LogP contribution in [0.1, 0.15) is 22.3 Å². The van der Waals surface area contributed by atoms with Gasteiger partial charge < -0.3 is 20.1 Å². The quantitative estimate of drug-likeness (QED) is 0.268. The van der Waals surface area contributed by atoms with Gasteiger partial charge in [-0.1, -0.05) is 35.4 Å². The Labute approximate surface area is 218 Å². The zero-order valence-electron chi connectivity index (χ0n) is 20.4. The van der Waals surface area contributed by atoms with Crippen molar-refractivity contribution in [1.82, 2.24) is 0 Å². The minimum Gasteiger partial charge on any atom is -0.493 e. The molecule has 7 nitrogen and oxygen atoms in total. The average Bonchev–Trinajstić information content (AvgIpc) is 2.84. The SMILES string of the molecule is COc1cc(/C=C(/C#N)C(=O)Nc2ccc(C)cc2)cc(Br)c1OCC(=O)Nc1ccc(C)cc1C. The molecular weight excluding hydrogens is 522 g/mol. The van der Waals surface area contributed by atoms with E-state index in [0.29, 0.717) is 32.9 Å². The molecule has 2 N–H and O–H groups in total. The highest BCUT2D eigenvalue weighted by Gasteiger charge is 2.16. The van der Waals surface area contributed by atoms with Crippen molar-refractivity contribution in [3.8, 4) is 17.6 Å². The molecule has 0 radical (unpaired) electrons. The summed E-state index contributed by atoms with van der Waals surface area (Å²) in [4.78, 5) is 25.0. The summed E-state index contributed by atoms with van der Waals surface area (Å²) in [5.74, 6) is -0.182. The second-order valence-electron chi connectivity index (χ2n) is 8.18. The van der Waals surface area contributed by atoms with Crippen LogP contribution in [0.25, 0.3) is 6.08 Å². The number of nitrogens with zero attached hydrogens (tertiary/aromatic N) is 1. The number of halogens is 1. The van der Waals surface area contributed by atoms with Gasteiger partial charge in [-0.3, -0.25) is 9.59 Å². The maximum Gasteiger partial charge on any atom is 0.266 e. The van der Waals surface area contributed by atoms with Gasteiger partial charge in [-0.05, 0) is 84.2 Å². The normalized spacial score (nSPS) is 10.8. The number of anilines is 2. The van der Waals surface area contributed by atoms with E-state index in [1.807, 2.05) is 57.2 Å². The Balaban J connectivity index is 1.73. The number of hydrogen-bond donors (Lipinski definition) is 2. The van der Waals surface area contributed by atoms with Gasteiger partial charge in [0, 0.05) is 11.4 Å². The van der Waals surface area contributed by atoms with Crippen LogP contribution in [-0.2, 0) is 9.59 Å². The van der Waals surface area contributed by atoms with Gasteiger partial charge in [0.25, 0.3) is 11.8 Å². The lowest BCUT2D eigenvalue weighted by atomic mass is 10.1. The van der Waals surface area contributed by atoms with Crippen LogP contribution in [0.15, 0.2) is 64.6 Å². The molecule has 0 heterocycles. The fraction of sp³-hybridized carbons (Fsp3) is 0.179. The number of methoxy groups -OCH3 is 1. The van der Waals surface area contributed by atoms with E-state index in [9.17, 15) is 14.9 Å². The summed E-state index contributed by atoms with van der Waals surface area (Å²) in [6.45, 7) is 5.62. The summed E-state index contributed by atoms with van der Waals surface area (Å²) in [6, 6.07) is 18.3. The van der Waals surface area contributed by atoms with Gasteiger partial charge in [-0.25, -0.2) is 0 Å². The Morgan fingerprint density at radius 3 is 2.33 bits per heavy atom. The van der Waals surface area contributed by atoms with Crippen LogP contribution in [0.5, 0.6) is 11.5 Å². The molecule has 3 rings (SSSR count). The van der Waals surface area contributed by atoms with Crippen molar-refractivity contribution in [3.63, 3.8) is 0 Å². The fourth-order valence-corrected chi connectivity index (χ4v) is 3.97. The van der Waals surface area contributed by atoms with Crippen LogP contribution in [0.4, 0.5) is 11.4 Å². The van der Waals surface area contributed by atoms with E-state index in [0.717, 1.165) is 16.7 Å². The first-order chi connectivity index (χ1) is 17.2. The number of nitrogens with one attached hydrogen (secondary N) is 2. The van der Waals surface area contributed by atoms with E-state index in [2.05, 4.69) is 26.6 Å². The van der Waals surface area contributed by atoms with Crippen molar-refractivity contribution in [1.29, 1.82) is 5.26 Å². The number of ether oxygens (including phenoxy) is 2. The predicted octanol–water partition coefficient (Wildman–Crippen LogP) is 5.95. The van der Waals surface area contributed by atoms with Gasteiger partial charge in [0.05, 0.1) is 11.6 Å². The van der Waals surface area contributed by atoms with Crippen LogP contribution in [0.3, 0.4) is 0 Å². The van der Waals surface area contributed by atoms with E-state index >= 15 is 0 Å². The molecule has 184 valence electrons. The van der Waals surface area contributed by atoms with Crippen LogP contribution >= 0.6 is 15.9 Å². The summed E-state index contributed by atoms with van der Waals surface area (Å²) in [6.07, 6.45) is 1.45. The number of amides is 2. The molecule has 0 fully saturated rings. The molecule has 0 aliphatic carbocycles. The molecule has 0 spiro atoms. The van der Waals surface area contributed by atoms with E-state index in [4.69, 9.17) is 9.47 Å². The Bertz CT molecular complexity index is 1360. The zero-order chi connectivity index (χ0) is 26.2. The fourth-order valence-electron chi connectivity index (χ4n) is 3.39. The third-order valence-electron chi connectivity index (χ3n) is 5.24. The van der Waals surface area contributed by atoms with E-state index in [-0.39, 0.29) is 18.1 Å². The van der Waals surface area contributed by atoms with Crippen molar-refractivity contribution in [2.24, 2.45) is 0 Å². The van der Waals surface area contributed by atoms with Crippen LogP contribution in [0.2, 0.25) is 0 Å². The first-order valence-electron chi connectivity index (χ1n) is 11.1. The Hall–Kier alpha value is -4.09. The summed E-state index contributed by atoms with van der Waals surface area (Å²) in [7, 11) is 1.47. The number of carbonyl (C=O) groups is 2. The molecule has 0 unspecified atom stereocenters. The second kappa shape index (κ2) is 12.0. The molecule has 36 heavy (non-hydrogen) atoms. The van der Waals surface area contributed by atoms with Gasteiger partial charge in [0.15, 0.2) is 18.1 Å². The lowest BCUT2D eigenvalue weighted by Gasteiger charge is -2.14. The topological polar surface area (TPSA) is 100 Å². The molecule has 8 heteroatoms. The molecular formula is C28H26BrN3O4. The number of aryl methyl sites for hydroxylation is 3. The molecule has 0 aliphatic rings. The number of rotatable bonds is 8. The molecule has 3 aromatic rings. The molecule has 0 saturated carbocycles. The van der Waals surface area contributed by atoms with Crippen molar-refractivity contribution in [2.75, 3.05) is 24.4 Å². The monoisotopic (exact) mass is 547 g/mol. The highest BCUT2D eigenvalue weighted by Crippen LogP contribution is 2.37. The van der Waals surface area contributed by atoms with Crippen LogP contribution in [0, 0.1) is 32.1 Å². The smallest absolute Gasteiger partial charge is 0.266 e. The van der Waals surface area contributed by atoms with Gasteiger partial charge in [-0.15, -0.1) is 0 Å². The van der Waals surface area contributed by atoms with Crippen molar-refractivity contribution >= 4 is 45.2 Å². The van der Waals surface area contributed by atoms with Gasteiger partial charge in [0.1, 0.15) is 11.6 Å². The van der Waals surface area contributed by atoms with Crippen molar-refractivity contribution in [2.45, 2.75) is 20.8 Å². The summed E-state index contributed by atoms with van der Waals surface area (Å²) in [5, 5.41) is 15.1. The van der Waals surface area contributed by atoms with Gasteiger partial charge in [0.2, 0.25) is 0 Å². The number of hydrogen-bond acceptors (Lipinski definition) is 5. The summed E-state index contributed by atoms with van der Waals surface area (Å²) < 4.78 is 11.7. The minimum absolute atomic E-state index is 0.0777. The predicted molar refractivity (Wildman–Crippen MR) is 144 cm³/mol. The molecule has 0 saturated heterocycles. The Morgan fingerprint density at radius 1 is 1.00 bits per heavy atom. The highest BCUT2D eigenvalue weighted by atomic mass is 79.9. The molecule has 0 aliphatic heterocycles. The molecule has 0 bridgehead atoms. The third kappa shape index (κ3) is 6.96. The van der Waals surface area contributed by atoms with Crippen LogP contribution in [-0.4, -0.2) is 25.5 Å². The first-order valence-corrected chi connectivity index (χ1v) is 11.9. The average molecular weight is 548 g/mol. The summed E-state index contributed by atoms with van der Waals surface area (Å²) in [5.41, 5.74) is 4.90. The third-order valence-corrected chi connectivity index (χ3v) is 5.83. The van der Waals surface area contributed by atoms with E-state index in [1.54, 1.807) is 24.3 Å². The van der Waals surface area contributed by atoms with E-state index in [1.165, 1.54) is 13.2 Å². The zero-order valence-corrected chi connectivity index (χ0v) is 22.0. The Kier molecular flexibility index (Phi) is 8.87. The maximum atomic E-state index is 12.6. The minimum atomic E-state index is -0.528. The highest BCUT2D eigenvalue weighted by molar-refractivity contribution is 9.10. The lowest BCUT2D eigenvalue weighted by molar-refractivity contribution is -0.118. The standard InChI is InChI=1S/C28H26BrN3O4/c1-17-5-8-22(9-6-17)31-28(34)21(15-30)12-20-13-23(29)27(25(14-20)35-4)36-16-26(33)32-24-10-7-18(2)11-19(24)3/h5-14H,16H2,1-4H3,(H,31,34)(H,32,33)/b21-12-. The maximum absolute atomic E-state index is 12.6. The van der Waals surface area contributed by atoms with Gasteiger partial charge in [-0.2, -0.15) is 5.26 Å². The van der Waals surface area contributed by atoms with Crippen molar-refractivity contribution < 1.29 is 19.1 Å². The molecule has 3 aromatic carbocycles. The summed E-state index contributed by atoms with van der Waals surface area (Å²) >= 11 is 3.44. The first kappa shape index (κ1) is 26.5. The number of carbonyl (C=O) groups excluding carboxylic acids is 2.